The number of piperidine rings is 1. The molecule has 1 saturated heterocycles. The monoisotopic (exact) mass is 434 g/mol. The second-order valence-corrected chi connectivity index (χ2v) is 7.71. The normalized spacial score (nSPS) is 14.9. The van der Waals surface area contributed by atoms with E-state index in [2.05, 4.69) is 41.1 Å². The molecule has 0 aliphatic carbocycles. The number of pyridine rings is 1. The van der Waals surface area contributed by atoms with Crippen LogP contribution >= 0.6 is 15.9 Å². The summed E-state index contributed by atoms with van der Waals surface area (Å²) in [6.07, 6.45) is 4.19. The maximum atomic E-state index is 11.0. The molecule has 144 valence electrons. The molecule has 0 saturated carbocycles. The van der Waals surface area contributed by atoms with Crippen molar-refractivity contribution in [3.05, 3.63) is 34.7 Å². The number of anilines is 3. The summed E-state index contributed by atoms with van der Waals surface area (Å²) in [5, 5.41) is 12.3. The van der Waals surface area contributed by atoms with Gasteiger partial charge in [0.2, 0.25) is 0 Å². The lowest BCUT2D eigenvalue weighted by Crippen LogP contribution is -2.40. The van der Waals surface area contributed by atoms with E-state index in [-0.39, 0.29) is 0 Å². The van der Waals surface area contributed by atoms with Crippen LogP contribution in [0, 0.1) is 12.8 Å². The van der Waals surface area contributed by atoms with Gasteiger partial charge in [-0.25, -0.2) is 19.7 Å². The molecule has 3 heterocycles. The maximum absolute atomic E-state index is 11.0. The molecule has 0 radical (unpaired) electrons. The number of rotatable bonds is 5. The summed E-state index contributed by atoms with van der Waals surface area (Å²) in [4.78, 5) is 27.6. The van der Waals surface area contributed by atoms with Crippen molar-refractivity contribution >= 4 is 39.5 Å². The molecular weight excluding hydrogens is 412 g/mol. The summed E-state index contributed by atoms with van der Waals surface area (Å²) in [7, 11) is 2.00. The van der Waals surface area contributed by atoms with Crippen molar-refractivity contribution in [3.8, 4) is 0 Å². The third kappa shape index (κ3) is 5.06. The molecule has 1 amide bonds. The zero-order valence-corrected chi connectivity index (χ0v) is 17.0. The van der Waals surface area contributed by atoms with Gasteiger partial charge in [0.25, 0.3) is 0 Å². The Morgan fingerprint density at radius 3 is 2.74 bits per heavy atom. The van der Waals surface area contributed by atoms with E-state index in [0.29, 0.717) is 24.8 Å². The number of nitrogens with one attached hydrogen (secondary N) is 1. The maximum Gasteiger partial charge on any atom is 0.407 e. The number of amides is 1. The standard InChI is InChI=1S/C18H23BrN6O2/c1-12-7-14(19)9-20-17(12)23-15-8-16(22-11-21-15)24(2)10-13-3-5-25(6-4-13)18(26)27/h7-9,11,13H,3-6,10H2,1-2H3,(H,26,27)(H,20,21,22,23). The molecule has 27 heavy (non-hydrogen) atoms. The van der Waals surface area contributed by atoms with Gasteiger partial charge in [-0.15, -0.1) is 0 Å². The minimum atomic E-state index is -0.829. The number of likely N-dealkylation sites (tertiary alicyclic amines) is 1. The fraction of sp³-hybridized carbons (Fsp3) is 0.444. The molecule has 0 atom stereocenters. The smallest absolute Gasteiger partial charge is 0.407 e. The number of carbonyl (C=O) groups is 1. The minimum Gasteiger partial charge on any atom is -0.465 e. The highest BCUT2D eigenvalue weighted by molar-refractivity contribution is 9.10. The van der Waals surface area contributed by atoms with Crippen molar-refractivity contribution in [1.82, 2.24) is 19.9 Å². The Balaban J connectivity index is 1.62. The number of nitrogens with zero attached hydrogens (tertiary/aromatic N) is 5. The van der Waals surface area contributed by atoms with Crippen LogP contribution < -0.4 is 10.2 Å². The van der Waals surface area contributed by atoms with E-state index in [4.69, 9.17) is 5.11 Å². The van der Waals surface area contributed by atoms with Gasteiger partial charge in [-0.05, 0) is 53.2 Å². The first-order valence-corrected chi connectivity index (χ1v) is 9.62. The topological polar surface area (TPSA) is 94.5 Å². The molecule has 1 fully saturated rings. The van der Waals surface area contributed by atoms with E-state index < -0.39 is 6.09 Å². The average molecular weight is 435 g/mol. The highest BCUT2D eigenvalue weighted by atomic mass is 79.9. The molecule has 0 spiro atoms. The lowest BCUT2D eigenvalue weighted by atomic mass is 9.96. The Morgan fingerprint density at radius 2 is 2.07 bits per heavy atom. The van der Waals surface area contributed by atoms with Gasteiger partial charge in [0.05, 0.1) is 0 Å². The number of aromatic nitrogens is 3. The Bertz CT molecular complexity index is 810. The van der Waals surface area contributed by atoms with Crippen LogP contribution in [0.5, 0.6) is 0 Å². The summed E-state index contributed by atoms with van der Waals surface area (Å²) >= 11 is 3.41. The Kier molecular flexibility index (Phi) is 6.10. The second-order valence-electron chi connectivity index (χ2n) is 6.80. The van der Waals surface area contributed by atoms with Crippen LogP contribution in [0.25, 0.3) is 0 Å². The van der Waals surface area contributed by atoms with Crippen molar-refractivity contribution in [1.29, 1.82) is 0 Å². The van der Waals surface area contributed by atoms with E-state index in [9.17, 15) is 4.79 Å². The molecular formula is C18H23BrN6O2. The number of halogens is 1. The third-order valence-corrected chi connectivity index (χ3v) is 5.19. The van der Waals surface area contributed by atoms with Crippen LogP contribution in [-0.4, -0.2) is 57.7 Å². The molecule has 2 aromatic rings. The highest BCUT2D eigenvalue weighted by Gasteiger charge is 2.23. The Hall–Kier alpha value is -2.42. The van der Waals surface area contributed by atoms with Gasteiger partial charge in [-0.1, -0.05) is 0 Å². The van der Waals surface area contributed by atoms with Gasteiger partial charge in [0, 0.05) is 43.4 Å². The van der Waals surface area contributed by atoms with Gasteiger partial charge in [0.15, 0.2) is 0 Å². The van der Waals surface area contributed by atoms with E-state index in [1.807, 2.05) is 26.1 Å². The Morgan fingerprint density at radius 1 is 1.33 bits per heavy atom. The summed E-state index contributed by atoms with van der Waals surface area (Å²) in [6.45, 7) is 4.01. The van der Waals surface area contributed by atoms with E-state index in [1.54, 1.807) is 6.20 Å². The molecule has 2 N–H and O–H groups in total. The molecule has 9 heteroatoms. The highest BCUT2D eigenvalue weighted by Crippen LogP contribution is 2.23. The summed E-state index contributed by atoms with van der Waals surface area (Å²) in [5.41, 5.74) is 1.02. The molecule has 1 aliphatic rings. The summed E-state index contributed by atoms with van der Waals surface area (Å²) in [6, 6.07) is 3.89. The Labute approximate surface area is 166 Å². The molecule has 2 aromatic heterocycles. The first-order valence-electron chi connectivity index (χ1n) is 8.82. The van der Waals surface area contributed by atoms with E-state index in [1.165, 1.54) is 11.2 Å². The summed E-state index contributed by atoms with van der Waals surface area (Å²) < 4.78 is 0.933. The first-order chi connectivity index (χ1) is 12.9. The van der Waals surface area contributed by atoms with E-state index >= 15 is 0 Å². The predicted molar refractivity (Wildman–Crippen MR) is 108 cm³/mol. The van der Waals surface area contributed by atoms with Crippen molar-refractivity contribution in [3.63, 3.8) is 0 Å². The summed E-state index contributed by atoms with van der Waals surface area (Å²) in [5.74, 6) is 2.72. The van der Waals surface area contributed by atoms with Crippen molar-refractivity contribution in [2.75, 3.05) is 36.9 Å². The van der Waals surface area contributed by atoms with Crippen molar-refractivity contribution in [2.45, 2.75) is 19.8 Å². The predicted octanol–water partition coefficient (Wildman–Crippen LogP) is 3.51. The van der Waals surface area contributed by atoms with Gasteiger partial charge in [-0.2, -0.15) is 0 Å². The fourth-order valence-corrected chi connectivity index (χ4v) is 3.65. The van der Waals surface area contributed by atoms with Gasteiger partial charge < -0.3 is 20.2 Å². The molecule has 1 aliphatic heterocycles. The zero-order chi connectivity index (χ0) is 19.4. The zero-order valence-electron chi connectivity index (χ0n) is 15.4. The lowest BCUT2D eigenvalue weighted by Gasteiger charge is -2.32. The van der Waals surface area contributed by atoms with Crippen molar-refractivity contribution < 1.29 is 9.90 Å². The van der Waals surface area contributed by atoms with Crippen LogP contribution in [0.4, 0.5) is 22.2 Å². The number of aryl methyl sites for hydroxylation is 1. The largest absolute Gasteiger partial charge is 0.465 e. The fourth-order valence-electron chi connectivity index (χ4n) is 3.20. The molecule has 0 aromatic carbocycles. The second kappa shape index (κ2) is 8.51. The van der Waals surface area contributed by atoms with Crippen LogP contribution in [0.15, 0.2) is 29.1 Å². The number of hydrogen-bond donors (Lipinski definition) is 2. The van der Waals surface area contributed by atoms with E-state index in [0.717, 1.165) is 41.1 Å². The first kappa shape index (κ1) is 19.3. The van der Waals surface area contributed by atoms with Crippen molar-refractivity contribution in [2.24, 2.45) is 5.92 Å². The van der Waals surface area contributed by atoms with Gasteiger partial charge in [-0.3, -0.25) is 0 Å². The minimum absolute atomic E-state index is 0.451. The third-order valence-electron chi connectivity index (χ3n) is 4.75. The van der Waals surface area contributed by atoms with Crippen LogP contribution in [0.2, 0.25) is 0 Å². The SMILES string of the molecule is Cc1cc(Br)cnc1Nc1cc(N(C)CC2CCN(C(=O)O)CC2)ncn1. The van der Waals surface area contributed by atoms with Gasteiger partial charge in [0.1, 0.15) is 23.8 Å². The average Bonchev–Trinajstić information content (AvgIpc) is 2.65. The van der Waals surface area contributed by atoms with Crippen LogP contribution in [0.1, 0.15) is 18.4 Å². The molecule has 0 bridgehead atoms. The van der Waals surface area contributed by atoms with Gasteiger partial charge >= 0.3 is 6.09 Å². The van der Waals surface area contributed by atoms with Crippen LogP contribution in [0.3, 0.4) is 0 Å². The van der Waals surface area contributed by atoms with Crippen LogP contribution in [-0.2, 0) is 0 Å². The lowest BCUT2D eigenvalue weighted by molar-refractivity contribution is 0.125. The number of hydrogen-bond acceptors (Lipinski definition) is 6. The number of carboxylic acid groups (broad SMARTS) is 1. The molecule has 3 rings (SSSR count). The molecule has 0 unspecified atom stereocenters. The molecule has 8 nitrogen and oxygen atoms in total. The quantitative estimate of drug-likeness (QED) is 0.742.